The molecule has 1 aliphatic heterocycles. The second kappa shape index (κ2) is 26.4. The minimum atomic E-state index is 1.13. The van der Waals surface area contributed by atoms with Crippen LogP contribution in [0.1, 0.15) is 181 Å². The number of nitrogens with zero attached hydrogens (tertiary/aromatic N) is 2. The molecule has 0 N–H and O–H groups in total. The zero-order valence-electron chi connectivity index (χ0n) is 24.6. The monoisotopic (exact) mass is 491 g/mol. The van der Waals surface area contributed by atoms with Gasteiger partial charge in [-0.05, 0) is 12.8 Å². The Bertz CT molecular complexity index is 433. The molecule has 1 aliphatic rings. The zero-order valence-corrected chi connectivity index (χ0v) is 24.6. The SMILES string of the molecule is CCCCCCCCCCCCCCCCCCCN1C=CN(CCCCCCCCCCC)C1. The summed E-state index contributed by atoms with van der Waals surface area (Å²) in [5.41, 5.74) is 0. The van der Waals surface area contributed by atoms with Gasteiger partial charge in [0.2, 0.25) is 0 Å². The van der Waals surface area contributed by atoms with Gasteiger partial charge in [0, 0.05) is 25.5 Å². The first-order chi connectivity index (χ1) is 17.4. The molecule has 0 unspecified atom stereocenters. The summed E-state index contributed by atoms with van der Waals surface area (Å²) in [4.78, 5) is 5.05. The van der Waals surface area contributed by atoms with Crippen LogP contribution in [0.25, 0.3) is 0 Å². The lowest BCUT2D eigenvalue weighted by Gasteiger charge is -2.21. The van der Waals surface area contributed by atoms with Gasteiger partial charge in [0.25, 0.3) is 0 Å². The Morgan fingerprint density at radius 3 is 0.829 bits per heavy atom. The van der Waals surface area contributed by atoms with E-state index in [2.05, 4.69) is 36.0 Å². The fourth-order valence-corrected chi connectivity index (χ4v) is 5.47. The maximum Gasteiger partial charge on any atom is 0.0893 e. The van der Waals surface area contributed by atoms with Gasteiger partial charge in [-0.15, -0.1) is 0 Å². The largest absolute Gasteiger partial charge is 0.359 e. The molecule has 2 nitrogen and oxygen atoms in total. The summed E-state index contributed by atoms with van der Waals surface area (Å²) in [6.07, 6.45) is 42.2. The zero-order chi connectivity index (χ0) is 25.1. The van der Waals surface area contributed by atoms with Crippen molar-refractivity contribution >= 4 is 0 Å². The van der Waals surface area contributed by atoms with E-state index >= 15 is 0 Å². The second-order valence-corrected chi connectivity index (χ2v) is 11.5. The Kier molecular flexibility index (Phi) is 24.4. The van der Waals surface area contributed by atoms with Crippen LogP contribution in [0.15, 0.2) is 12.4 Å². The fraction of sp³-hybridized carbons (Fsp3) is 0.939. The molecule has 0 saturated heterocycles. The second-order valence-electron chi connectivity index (χ2n) is 11.5. The Morgan fingerprint density at radius 1 is 0.343 bits per heavy atom. The molecule has 35 heavy (non-hydrogen) atoms. The first-order valence-electron chi connectivity index (χ1n) is 16.5. The van der Waals surface area contributed by atoms with E-state index in [1.54, 1.807) is 0 Å². The first-order valence-corrected chi connectivity index (χ1v) is 16.5. The number of hydrogen-bond donors (Lipinski definition) is 0. The molecule has 0 bridgehead atoms. The highest BCUT2D eigenvalue weighted by atomic mass is 15.3. The Morgan fingerprint density at radius 2 is 0.571 bits per heavy atom. The molecule has 0 radical (unpaired) electrons. The van der Waals surface area contributed by atoms with Gasteiger partial charge >= 0.3 is 0 Å². The Balaban J connectivity index is 1.74. The normalized spacial score (nSPS) is 13.4. The van der Waals surface area contributed by atoms with E-state index in [1.807, 2.05) is 0 Å². The highest BCUT2D eigenvalue weighted by molar-refractivity contribution is 4.90. The molecule has 0 aliphatic carbocycles. The van der Waals surface area contributed by atoms with Gasteiger partial charge in [0.15, 0.2) is 0 Å². The van der Waals surface area contributed by atoms with E-state index in [9.17, 15) is 0 Å². The van der Waals surface area contributed by atoms with Gasteiger partial charge in [-0.2, -0.15) is 0 Å². The van der Waals surface area contributed by atoms with Crippen molar-refractivity contribution in [2.45, 2.75) is 181 Å². The lowest BCUT2D eigenvalue weighted by atomic mass is 10.0. The number of unbranched alkanes of at least 4 members (excludes halogenated alkanes) is 24. The van der Waals surface area contributed by atoms with Gasteiger partial charge in [0.05, 0.1) is 6.67 Å². The molecular formula is C33H66N2. The predicted octanol–water partition coefficient (Wildman–Crippen LogP) is 11.2. The lowest BCUT2D eigenvalue weighted by molar-refractivity contribution is 0.257. The number of hydrogen-bond acceptors (Lipinski definition) is 2. The molecule has 0 saturated carbocycles. The van der Waals surface area contributed by atoms with Gasteiger partial charge < -0.3 is 9.80 Å². The third kappa shape index (κ3) is 22.3. The van der Waals surface area contributed by atoms with Crippen molar-refractivity contribution in [2.24, 2.45) is 0 Å². The molecule has 0 spiro atoms. The van der Waals surface area contributed by atoms with Crippen molar-refractivity contribution in [1.82, 2.24) is 9.80 Å². The molecule has 2 heteroatoms. The standard InChI is InChI=1S/C33H66N2/c1-3-5-7-9-11-13-14-15-16-17-18-19-20-22-24-26-28-30-35-32-31-34(33-35)29-27-25-23-21-12-10-8-6-4-2/h31-32H,3-30,33H2,1-2H3. The van der Waals surface area contributed by atoms with Crippen molar-refractivity contribution < 1.29 is 0 Å². The molecular weight excluding hydrogens is 424 g/mol. The minimum Gasteiger partial charge on any atom is -0.359 e. The van der Waals surface area contributed by atoms with Crippen LogP contribution in [0.5, 0.6) is 0 Å². The molecule has 208 valence electrons. The Hall–Kier alpha value is -0.660. The van der Waals surface area contributed by atoms with E-state index in [4.69, 9.17) is 0 Å². The summed E-state index contributed by atoms with van der Waals surface area (Å²) in [6.45, 7) is 8.25. The van der Waals surface area contributed by atoms with E-state index < -0.39 is 0 Å². The van der Waals surface area contributed by atoms with Crippen LogP contribution in [0, 0.1) is 0 Å². The topological polar surface area (TPSA) is 6.48 Å². The molecule has 0 atom stereocenters. The lowest BCUT2D eigenvalue weighted by Crippen LogP contribution is -2.26. The molecule has 1 heterocycles. The third-order valence-corrected chi connectivity index (χ3v) is 7.95. The molecule has 0 aromatic rings. The summed E-state index contributed by atoms with van der Waals surface area (Å²) in [6, 6.07) is 0. The molecule has 1 rings (SSSR count). The highest BCUT2D eigenvalue weighted by Gasteiger charge is 2.10. The van der Waals surface area contributed by atoms with E-state index in [0.29, 0.717) is 0 Å². The van der Waals surface area contributed by atoms with E-state index in [-0.39, 0.29) is 0 Å². The maximum atomic E-state index is 2.53. The first kappa shape index (κ1) is 32.4. The van der Waals surface area contributed by atoms with Gasteiger partial charge in [-0.3, -0.25) is 0 Å². The van der Waals surface area contributed by atoms with Gasteiger partial charge in [0.1, 0.15) is 0 Å². The molecule has 0 aromatic heterocycles. The van der Waals surface area contributed by atoms with Crippen LogP contribution in [0.2, 0.25) is 0 Å². The van der Waals surface area contributed by atoms with Crippen molar-refractivity contribution in [1.29, 1.82) is 0 Å². The van der Waals surface area contributed by atoms with Gasteiger partial charge in [-0.25, -0.2) is 0 Å². The summed E-state index contributed by atoms with van der Waals surface area (Å²) >= 11 is 0. The predicted molar refractivity (Wildman–Crippen MR) is 159 cm³/mol. The van der Waals surface area contributed by atoms with Crippen LogP contribution in [-0.4, -0.2) is 29.6 Å². The minimum absolute atomic E-state index is 1.13. The summed E-state index contributed by atoms with van der Waals surface area (Å²) < 4.78 is 0. The summed E-state index contributed by atoms with van der Waals surface area (Å²) in [5.74, 6) is 0. The van der Waals surface area contributed by atoms with Crippen molar-refractivity contribution in [3.8, 4) is 0 Å². The quantitative estimate of drug-likeness (QED) is 0.101. The average Bonchev–Trinajstić information content (AvgIpc) is 3.32. The van der Waals surface area contributed by atoms with Crippen LogP contribution in [0.3, 0.4) is 0 Å². The maximum absolute atomic E-state index is 2.53. The van der Waals surface area contributed by atoms with Crippen LogP contribution >= 0.6 is 0 Å². The smallest absolute Gasteiger partial charge is 0.0893 e. The Labute approximate surface area is 222 Å². The third-order valence-electron chi connectivity index (χ3n) is 7.95. The molecule has 0 aromatic carbocycles. The number of rotatable bonds is 28. The van der Waals surface area contributed by atoms with Crippen molar-refractivity contribution in [3.63, 3.8) is 0 Å². The van der Waals surface area contributed by atoms with E-state index in [0.717, 1.165) is 6.67 Å². The van der Waals surface area contributed by atoms with Crippen molar-refractivity contribution in [2.75, 3.05) is 19.8 Å². The van der Waals surface area contributed by atoms with Gasteiger partial charge in [-0.1, -0.05) is 168 Å². The van der Waals surface area contributed by atoms with E-state index in [1.165, 1.54) is 180 Å². The van der Waals surface area contributed by atoms with Crippen LogP contribution in [0.4, 0.5) is 0 Å². The van der Waals surface area contributed by atoms with Crippen molar-refractivity contribution in [3.05, 3.63) is 12.4 Å². The van der Waals surface area contributed by atoms with Crippen LogP contribution in [-0.2, 0) is 0 Å². The molecule has 0 fully saturated rings. The molecule has 0 amide bonds. The van der Waals surface area contributed by atoms with Crippen LogP contribution < -0.4 is 0 Å². The summed E-state index contributed by atoms with van der Waals surface area (Å²) in [5, 5.41) is 0. The summed E-state index contributed by atoms with van der Waals surface area (Å²) in [7, 11) is 0. The fourth-order valence-electron chi connectivity index (χ4n) is 5.47. The average molecular weight is 491 g/mol. The highest BCUT2D eigenvalue weighted by Crippen LogP contribution is 2.15.